The third-order valence-corrected chi connectivity index (χ3v) is 3.36. The van der Waals surface area contributed by atoms with Gasteiger partial charge in [-0.2, -0.15) is 0 Å². The van der Waals surface area contributed by atoms with Crippen LogP contribution in [0.5, 0.6) is 0 Å². The molecule has 1 aliphatic carbocycles. The van der Waals surface area contributed by atoms with Crippen molar-refractivity contribution in [2.24, 2.45) is 17.1 Å². The Labute approximate surface area is 98.6 Å². The van der Waals surface area contributed by atoms with Crippen LogP contribution in [0, 0.1) is 11.3 Å². The molecule has 0 amide bonds. The predicted octanol–water partition coefficient (Wildman–Crippen LogP) is 2.84. The van der Waals surface area contributed by atoms with Crippen LogP contribution in [0.2, 0.25) is 0 Å². The van der Waals surface area contributed by atoms with Gasteiger partial charge in [-0.1, -0.05) is 39.3 Å². The smallest absolute Gasteiger partial charge is 0.146 e. The van der Waals surface area contributed by atoms with Gasteiger partial charge in [-0.25, -0.2) is 0 Å². The van der Waals surface area contributed by atoms with E-state index in [2.05, 4.69) is 32.9 Å². The molecule has 0 aromatic heterocycles. The zero-order valence-electron chi connectivity index (χ0n) is 10.6. The summed E-state index contributed by atoms with van der Waals surface area (Å²) in [6.07, 6.45) is 8.36. The highest BCUT2D eigenvalue weighted by atomic mass is 16.1. The largest absolute Gasteiger partial charge is 0.330 e. The van der Waals surface area contributed by atoms with Gasteiger partial charge < -0.3 is 5.73 Å². The van der Waals surface area contributed by atoms with Crippen LogP contribution in [0.15, 0.2) is 23.3 Å². The summed E-state index contributed by atoms with van der Waals surface area (Å²) in [5.41, 5.74) is 8.02. The van der Waals surface area contributed by atoms with Crippen molar-refractivity contribution >= 4 is 6.29 Å². The minimum absolute atomic E-state index is 0.150. The van der Waals surface area contributed by atoms with Crippen LogP contribution in [-0.2, 0) is 4.79 Å². The van der Waals surface area contributed by atoms with E-state index in [1.165, 1.54) is 5.57 Å². The first-order valence-corrected chi connectivity index (χ1v) is 6.11. The summed E-state index contributed by atoms with van der Waals surface area (Å²) >= 11 is 0. The molecule has 1 rings (SSSR count). The molecule has 0 fully saturated rings. The van der Waals surface area contributed by atoms with Gasteiger partial charge in [-0.05, 0) is 41.9 Å². The van der Waals surface area contributed by atoms with Crippen LogP contribution in [0.25, 0.3) is 0 Å². The number of aldehydes is 1. The van der Waals surface area contributed by atoms with Gasteiger partial charge in [0.25, 0.3) is 0 Å². The number of allylic oxidation sites excluding steroid dienone is 3. The number of nitrogens with two attached hydrogens (primary N) is 1. The average Bonchev–Trinajstić information content (AvgIpc) is 2.28. The Morgan fingerprint density at radius 1 is 1.56 bits per heavy atom. The fourth-order valence-corrected chi connectivity index (χ4v) is 2.35. The summed E-state index contributed by atoms with van der Waals surface area (Å²) in [6, 6.07) is 0. The average molecular weight is 221 g/mol. The van der Waals surface area contributed by atoms with Gasteiger partial charge in [0.1, 0.15) is 6.29 Å². The number of rotatable bonds is 5. The molecular weight excluding hydrogens is 198 g/mol. The van der Waals surface area contributed by atoms with Crippen LogP contribution in [-0.4, -0.2) is 12.8 Å². The van der Waals surface area contributed by atoms with Crippen molar-refractivity contribution in [2.75, 3.05) is 6.54 Å². The molecule has 90 valence electrons. The predicted molar refractivity (Wildman–Crippen MR) is 68.1 cm³/mol. The third-order valence-electron chi connectivity index (χ3n) is 3.36. The fourth-order valence-electron chi connectivity index (χ4n) is 2.35. The van der Waals surface area contributed by atoms with Crippen molar-refractivity contribution in [1.82, 2.24) is 0 Å². The van der Waals surface area contributed by atoms with E-state index in [9.17, 15) is 4.79 Å². The SMILES string of the molecule is CCCC(C)(C)C1=C[C@H](CN)CC(C=O)=C1. The van der Waals surface area contributed by atoms with E-state index in [4.69, 9.17) is 5.73 Å². The molecule has 0 saturated carbocycles. The molecule has 2 nitrogen and oxygen atoms in total. The molecule has 0 aliphatic heterocycles. The molecule has 2 heteroatoms. The lowest BCUT2D eigenvalue weighted by atomic mass is 9.75. The molecule has 0 unspecified atom stereocenters. The van der Waals surface area contributed by atoms with E-state index in [1.54, 1.807) is 0 Å². The highest BCUT2D eigenvalue weighted by Crippen LogP contribution is 2.37. The molecule has 0 bridgehead atoms. The molecule has 1 aliphatic rings. The molecule has 0 saturated heterocycles. The Balaban J connectivity index is 2.96. The van der Waals surface area contributed by atoms with Gasteiger partial charge in [0, 0.05) is 0 Å². The second kappa shape index (κ2) is 5.44. The first-order valence-electron chi connectivity index (χ1n) is 6.11. The maximum atomic E-state index is 10.9. The highest BCUT2D eigenvalue weighted by Gasteiger charge is 2.25. The number of hydrogen-bond acceptors (Lipinski definition) is 2. The Hall–Kier alpha value is -0.890. The van der Waals surface area contributed by atoms with Crippen LogP contribution in [0.4, 0.5) is 0 Å². The molecule has 1 atom stereocenters. The molecule has 2 N–H and O–H groups in total. The van der Waals surface area contributed by atoms with Gasteiger partial charge >= 0.3 is 0 Å². The van der Waals surface area contributed by atoms with Crippen molar-refractivity contribution < 1.29 is 4.79 Å². The standard InChI is InChI=1S/C14H23NO/c1-4-5-14(2,3)13-7-11(9-15)6-12(8-13)10-16/h7-8,10-11H,4-6,9,15H2,1-3H3/t11-/m1/s1. The minimum Gasteiger partial charge on any atom is -0.330 e. The van der Waals surface area contributed by atoms with E-state index < -0.39 is 0 Å². The van der Waals surface area contributed by atoms with Crippen molar-refractivity contribution in [3.8, 4) is 0 Å². The topological polar surface area (TPSA) is 43.1 Å². The zero-order chi connectivity index (χ0) is 12.2. The van der Waals surface area contributed by atoms with E-state index in [0.717, 1.165) is 31.1 Å². The Kier molecular flexibility index (Phi) is 4.48. The fraction of sp³-hybridized carbons (Fsp3) is 0.643. The maximum Gasteiger partial charge on any atom is 0.146 e. The van der Waals surface area contributed by atoms with E-state index in [1.807, 2.05) is 0 Å². The van der Waals surface area contributed by atoms with Crippen molar-refractivity contribution in [3.05, 3.63) is 23.3 Å². The second-order valence-electron chi connectivity index (χ2n) is 5.29. The van der Waals surface area contributed by atoms with Crippen LogP contribution in [0.3, 0.4) is 0 Å². The summed E-state index contributed by atoms with van der Waals surface area (Å²) in [7, 11) is 0. The van der Waals surface area contributed by atoms with Crippen LogP contribution < -0.4 is 5.73 Å². The first kappa shape index (κ1) is 13.2. The molecule has 0 aromatic carbocycles. The van der Waals surface area contributed by atoms with E-state index >= 15 is 0 Å². The number of carbonyl (C=O) groups is 1. The van der Waals surface area contributed by atoms with E-state index in [0.29, 0.717) is 12.5 Å². The summed E-state index contributed by atoms with van der Waals surface area (Å²) < 4.78 is 0. The van der Waals surface area contributed by atoms with E-state index in [-0.39, 0.29) is 5.41 Å². The highest BCUT2D eigenvalue weighted by molar-refractivity contribution is 5.75. The van der Waals surface area contributed by atoms with Gasteiger partial charge in [-0.3, -0.25) is 4.79 Å². The normalized spacial score (nSPS) is 21.4. The summed E-state index contributed by atoms with van der Waals surface area (Å²) in [6.45, 7) is 7.28. The van der Waals surface area contributed by atoms with Crippen LogP contribution >= 0.6 is 0 Å². The summed E-state index contributed by atoms with van der Waals surface area (Å²) in [5.74, 6) is 0.330. The van der Waals surface area contributed by atoms with Gasteiger partial charge in [0.05, 0.1) is 0 Å². The van der Waals surface area contributed by atoms with Crippen LogP contribution in [0.1, 0.15) is 40.0 Å². The van der Waals surface area contributed by atoms with Crippen molar-refractivity contribution in [3.63, 3.8) is 0 Å². The lowest BCUT2D eigenvalue weighted by molar-refractivity contribution is -0.105. The molecule has 16 heavy (non-hydrogen) atoms. The molecule has 0 aromatic rings. The molecule has 0 spiro atoms. The Bertz CT molecular complexity index is 313. The lowest BCUT2D eigenvalue weighted by Crippen LogP contribution is -2.22. The summed E-state index contributed by atoms with van der Waals surface area (Å²) in [5, 5.41) is 0. The number of hydrogen-bond donors (Lipinski definition) is 1. The quantitative estimate of drug-likeness (QED) is 0.725. The Morgan fingerprint density at radius 3 is 2.75 bits per heavy atom. The van der Waals surface area contributed by atoms with Crippen molar-refractivity contribution in [1.29, 1.82) is 0 Å². The summed E-state index contributed by atoms with van der Waals surface area (Å²) in [4.78, 5) is 10.9. The molecule has 0 heterocycles. The Morgan fingerprint density at radius 2 is 2.25 bits per heavy atom. The van der Waals surface area contributed by atoms with Gasteiger partial charge in [0.15, 0.2) is 0 Å². The third kappa shape index (κ3) is 3.05. The van der Waals surface area contributed by atoms with Crippen molar-refractivity contribution in [2.45, 2.75) is 40.0 Å². The van der Waals surface area contributed by atoms with Gasteiger partial charge in [0.2, 0.25) is 0 Å². The molecular formula is C14H23NO. The second-order valence-corrected chi connectivity index (χ2v) is 5.29. The zero-order valence-corrected chi connectivity index (χ0v) is 10.6. The number of carbonyl (C=O) groups excluding carboxylic acids is 1. The lowest BCUT2D eigenvalue weighted by Gasteiger charge is -2.30. The molecule has 0 radical (unpaired) electrons. The first-order chi connectivity index (χ1) is 7.53. The van der Waals surface area contributed by atoms with Gasteiger partial charge in [-0.15, -0.1) is 0 Å². The monoisotopic (exact) mass is 221 g/mol. The maximum absolute atomic E-state index is 10.9. The minimum atomic E-state index is 0.150.